The topological polar surface area (TPSA) is 74.3 Å². The van der Waals surface area contributed by atoms with Crippen LogP contribution in [0.15, 0.2) is 42.6 Å². The number of nitrogens with zero attached hydrogens (tertiary/aromatic N) is 2. The molecule has 0 aliphatic rings. The van der Waals surface area contributed by atoms with Gasteiger partial charge in [-0.1, -0.05) is 6.07 Å². The van der Waals surface area contributed by atoms with Crippen LogP contribution in [0.5, 0.6) is 0 Å². The van der Waals surface area contributed by atoms with Crippen LogP contribution in [0.3, 0.4) is 0 Å². The minimum absolute atomic E-state index is 0.0137. The number of hydrogen-bond donors (Lipinski definition) is 2. The Bertz CT molecular complexity index is 838. The van der Waals surface area contributed by atoms with Crippen LogP contribution in [-0.2, 0) is 6.18 Å². The fourth-order valence-corrected chi connectivity index (χ4v) is 2.36. The third-order valence-corrected chi connectivity index (χ3v) is 3.77. The molecule has 0 saturated carbocycles. The van der Waals surface area contributed by atoms with Crippen LogP contribution in [0.2, 0.25) is 0 Å². The van der Waals surface area contributed by atoms with Crippen LogP contribution < -0.4 is 10.6 Å². The van der Waals surface area contributed by atoms with Gasteiger partial charge in [-0.2, -0.15) is 13.2 Å². The highest BCUT2D eigenvalue weighted by atomic mass is 19.4. The second-order valence-electron chi connectivity index (χ2n) is 6.38. The summed E-state index contributed by atoms with van der Waals surface area (Å²) in [5.74, 6) is -1.06. The van der Waals surface area contributed by atoms with E-state index in [2.05, 4.69) is 15.6 Å². The highest BCUT2D eigenvalue weighted by Gasteiger charge is 2.30. The van der Waals surface area contributed by atoms with Gasteiger partial charge in [-0.05, 0) is 57.4 Å². The predicted molar refractivity (Wildman–Crippen MR) is 99.1 cm³/mol. The quantitative estimate of drug-likeness (QED) is 0.708. The van der Waals surface area contributed by atoms with Crippen LogP contribution in [-0.4, -0.2) is 48.9 Å². The van der Waals surface area contributed by atoms with Gasteiger partial charge < -0.3 is 15.5 Å². The molecule has 0 saturated heterocycles. The zero-order chi connectivity index (χ0) is 20.7. The summed E-state index contributed by atoms with van der Waals surface area (Å²) in [4.78, 5) is 30.3. The van der Waals surface area contributed by atoms with E-state index >= 15 is 0 Å². The number of hydrogen-bond acceptors (Lipinski definition) is 4. The van der Waals surface area contributed by atoms with Gasteiger partial charge in [-0.15, -0.1) is 0 Å². The number of rotatable bonds is 7. The van der Waals surface area contributed by atoms with Crippen molar-refractivity contribution in [3.8, 4) is 0 Å². The molecule has 0 radical (unpaired) electrons. The Morgan fingerprint density at radius 1 is 1.11 bits per heavy atom. The fourth-order valence-electron chi connectivity index (χ4n) is 2.36. The summed E-state index contributed by atoms with van der Waals surface area (Å²) >= 11 is 0. The van der Waals surface area contributed by atoms with Crippen LogP contribution in [0, 0.1) is 0 Å². The summed E-state index contributed by atoms with van der Waals surface area (Å²) in [6.07, 6.45) is -2.44. The Morgan fingerprint density at radius 2 is 1.86 bits per heavy atom. The number of carbonyl (C=O) groups is 2. The van der Waals surface area contributed by atoms with E-state index < -0.39 is 17.6 Å². The molecule has 6 nitrogen and oxygen atoms in total. The predicted octanol–water partition coefficient (Wildman–Crippen LogP) is 3.03. The van der Waals surface area contributed by atoms with Gasteiger partial charge in [0.25, 0.3) is 11.8 Å². The molecule has 2 N–H and O–H groups in total. The van der Waals surface area contributed by atoms with Gasteiger partial charge in [-0.3, -0.25) is 14.6 Å². The van der Waals surface area contributed by atoms with E-state index in [1.807, 2.05) is 19.0 Å². The summed E-state index contributed by atoms with van der Waals surface area (Å²) < 4.78 is 38.3. The molecule has 0 atom stereocenters. The molecule has 2 amide bonds. The van der Waals surface area contributed by atoms with Crippen LogP contribution in [0.1, 0.15) is 32.8 Å². The molecule has 1 aromatic heterocycles. The van der Waals surface area contributed by atoms with Gasteiger partial charge in [0.15, 0.2) is 0 Å². The maximum absolute atomic E-state index is 12.8. The summed E-state index contributed by atoms with van der Waals surface area (Å²) in [7, 11) is 3.86. The maximum Gasteiger partial charge on any atom is 0.416 e. The molecule has 0 bridgehead atoms. The minimum atomic E-state index is -4.51. The first-order valence-electron chi connectivity index (χ1n) is 8.54. The number of benzene rings is 1. The molecule has 1 heterocycles. The molecule has 2 aromatic rings. The first kappa shape index (κ1) is 21.4. The number of nitrogens with one attached hydrogen (secondary N) is 2. The van der Waals surface area contributed by atoms with E-state index in [1.54, 1.807) is 0 Å². The molecule has 0 spiro atoms. The SMILES string of the molecule is CN(C)CCCNC(=O)c1ccnc(C(=O)Nc2cccc(C(F)(F)F)c2)c1. The maximum atomic E-state index is 12.8. The number of pyridine rings is 1. The number of halogens is 3. The molecule has 0 aliphatic carbocycles. The second kappa shape index (κ2) is 9.32. The van der Waals surface area contributed by atoms with Gasteiger partial charge >= 0.3 is 6.18 Å². The Hall–Kier alpha value is -2.94. The zero-order valence-electron chi connectivity index (χ0n) is 15.5. The van der Waals surface area contributed by atoms with Crippen molar-refractivity contribution in [3.05, 3.63) is 59.4 Å². The van der Waals surface area contributed by atoms with Crippen molar-refractivity contribution in [2.75, 3.05) is 32.5 Å². The molecular formula is C19H21F3N4O2. The monoisotopic (exact) mass is 394 g/mol. The van der Waals surface area contributed by atoms with Crippen LogP contribution in [0.4, 0.5) is 18.9 Å². The van der Waals surface area contributed by atoms with E-state index in [0.717, 1.165) is 25.1 Å². The number of amides is 2. The Morgan fingerprint density at radius 3 is 2.54 bits per heavy atom. The lowest BCUT2D eigenvalue weighted by molar-refractivity contribution is -0.137. The lowest BCUT2D eigenvalue weighted by Crippen LogP contribution is -2.27. The molecule has 9 heteroatoms. The average molecular weight is 394 g/mol. The summed E-state index contributed by atoms with van der Waals surface area (Å²) in [6, 6.07) is 7.04. The van der Waals surface area contributed by atoms with Gasteiger partial charge in [0.2, 0.25) is 0 Å². The minimum Gasteiger partial charge on any atom is -0.352 e. The molecule has 1 aromatic carbocycles. The van der Waals surface area contributed by atoms with Crippen LogP contribution in [0.25, 0.3) is 0 Å². The largest absolute Gasteiger partial charge is 0.416 e. The Balaban J connectivity index is 2.03. The van der Waals surface area contributed by atoms with Crippen molar-refractivity contribution in [3.63, 3.8) is 0 Å². The highest BCUT2D eigenvalue weighted by Crippen LogP contribution is 2.30. The number of alkyl halides is 3. The molecule has 28 heavy (non-hydrogen) atoms. The van der Waals surface area contributed by atoms with E-state index in [-0.39, 0.29) is 22.9 Å². The van der Waals surface area contributed by atoms with E-state index in [9.17, 15) is 22.8 Å². The molecular weight excluding hydrogens is 373 g/mol. The number of aromatic nitrogens is 1. The summed E-state index contributed by atoms with van der Waals surface area (Å²) in [5, 5.41) is 5.11. The molecule has 0 aliphatic heterocycles. The van der Waals surface area contributed by atoms with E-state index in [0.29, 0.717) is 6.54 Å². The molecule has 0 unspecified atom stereocenters. The Kier molecular flexibility index (Phi) is 7.11. The number of anilines is 1. The zero-order valence-corrected chi connectivity index (χ0v) is 15.5. The van der Waals surface area contributed by atoms with Crippen molar-refractivity contribution < 1.29 is 22.8 Å². The van der Waals surface area contributed by atoms with Crippen molar-refractivity contribution in [1.29, 1.82) is 0 Å². The second-order valence-corrected chi connectivity index (χ2v) is 6.38. The van der Waals surface area contributed by atoms with Gasteiger partial charge in [0.1, 0.15) is 5.69 Å². The van der Waals surface area contributed by atoms with Gasteiger partial charge in [-0.25, -0.2) is 0 Å². The molecule has 0 fully saturated rings. The molecule has 150 valence electrons. The smallest absolute Gasteiger partial charge is 0.352 e. The van der Waals surface area contributed by atoms with Gasteiger partial charge in [0.05, 0.1) is 5.56 Å². The first-order valence-corrected chi connectivity index (χ1v) is 8.54. The van der Waals surface area contributed by atoms with Crippen molar-refractivity contribution in [1.82, 2.24) is 15.2 Å². The summed E-state index contributed by atoms with van der Waals surface area (Å²) in [6.45, 7) is 1.30. The highest BCUT2D eigenvalue weighted by molar-refractivity contribution is 6.04. The van der Waals surface area contributed by atoms with Crippen LogP contribution >= 0.6 is 0 Å². The Labute approximate surface area is 160 Å². The lowest BCUT2D eigenvalue weighted by Gasteiger charge is -2.11. The normalized spacial score (nSPS) is 11.4. The first-order chi connectivity index (χ1) is 13.2. The number of carbonyl (C=O) groups excluding carboxylic acids is 2. The third kappa shape index (κ3) is 6.34. The average Bonchev–Trinajstić information content (AvgIpc) is 2.64. The molecule has 2 rings (SSSR count). The van der Waals surface area contributed by atoms with Gasteiger partial charge in [0, 0.05) is 24.0 Å². The summed E-state index contributed by atoms with van der Waals surface area (Å²) in [5.41, 5.74) is -0.711. The fraction of sp³-hybridized carbons (Fsp3) is 0.316. The van der Waals surface area contributed by atoms with Crippen molar-refractivity contribution >= 4 is 17.5 Å². The van der Waals surface area contributed by atoms with Crippen molar-refractivity contribution in [2.45, 2.75) is 12.6 Å². The van der Waals surface area contributed by atoms with E-state index in [4.69, 9.17) is 0 Å². The standard InChI is InChI=1S/C19H21F3N4O2/c1-26(2)10-4-8-24-17(27)13-7-9-23-16(11-13)18(28)25-15-6-3-5-14(12-15)19(20,21)22/h3,5-7,9,11-12H,4,8,10H2,1-2H3,(H,24,27)(H,25,28). The lowest BCUT2D eigenvalue weighted by atomic mass is 10.1. The third-order valence-electron chi connectivity index (χ3n) is 3.77. The van der Waals surface area contributed by atoms with E-state index in [1.165, 1.54) is 30.5 Å². The van der Waals surface area contributed by atoms with Crippen molar-refractivity contribution in [2.24, 2.45) is 0 Å².